The molecular weight excluding hydrogens is 400 g/mol. The number of amides is 1. The van der Waals surface area contributed by atoms with Crippen LogP contribution in [0.25, 0.3) is 11.4 Å². The molecule has 1 aliphatic heterocycles. The maximum atomic E-state index is 12.3. The molecule has 0 radical (unpaired) electrons. The van der Waals surface area contributed by atoms with Gasteiger partial charge >= 0.3 is 0 Å². The van der Waals surface area contributed by atoms with E-state index in [1.54, 1.807) is 18.2 Å². The minimum absolute atomic E-state index is 0.102. The van der Waals surface area contributed by atoms with Crippen LogP contribution in [0.2, 0.25) is 0 Å². The zero-order valence-corrected chi connectivity index (χ0v) is 18.2. The topological polar surface area (TPSA) is 78.3 Å². The Balaban J connectivity index is 1.39. The van der Waals surface area contributed by atoms with Crippen LogP contribution in [-0.2, 0) is 17.3 Å². The zero-order valence-electron chi connectivity index (χ0n) is 17.4. The third-order valence-corrected chi connectivity index (χ3v) is 5.85. The highest BCUT2D eigenvalue weighted by Crippen LogP contribution is 2.34. The summed E-state index contributed by atoms with van der Waals surface area (Å²) in [5, 5.41) is 12.1. The van der Waals surface area contributed by atoms with Crippen LogP contribution in [0, 0.1) is 0 Å². The molecule has 1 amide bonds. The predicted octanol–water partition coefficient (Wildman–Crippen LogP) is 4.24. The molecule has 7 nitrogen and oxygen atoms in total. The number of anilines is 1. The average Bonchev–Trinajstić information content (AvgIpc) is 3.32. The van der Waals surface area contributed by atoms with E-state index in [2.05, 4.69) is 60.6 Å². The van der Waals surface area contributed by atoms with E-state index < -0.39 is 0 Å². The minimum Gasteiger partial charge on any atom is -0.454 e. The van der Waals surface area contributed by atoms with Gasteiger partial charge in [0, 0.05) is 24.4 Å². The SMILES string of the molecule is Cn1c(SCC(=O)Nc2ccc3c(c2)OCO3)nnc1-c1ccc(C(C)(C)C)cc1. The fourth-order valence-electron chi connectivity index (χ4n) is 3.11. The van der Waals surface area contributed by atoms with E-state index in [4.69, 9.17) is 9.47 Å². The van der Waals surface area contributed by atoms with E-state index in [-0.39, 0.29) is 23.9 Å². The van der Waals surface area contributed by atoms with Crippen molar-refractivity contribution < 1.29 is 14.3 Å². The first-order valence-electron chi connectivity index (χ1n) is 9.64. The Kier molecular flexibility index (Phi) is 5.42. The lowest BCUT2D eigenvalue weighted by atomic mass is 9.87. The second-order valence-corrected chi connectivity index (χ2v) is 9.04. The third kappa shape index (κ3) is 4.28. The van der Waals surface area contributed by atoms with Gasteiger partial charge in [-0.2, -0.15) is 0 Å². The Hall–Kier alpha value is -3.00. The first-order chi connectivity index (χ1) is 14.3. The summed E-state index contributed by atoms with van der Waals surface area (Å²) >= 11 is 1.34. The van der Waals surface area contributed by atoms with Crippen molar-refractivity contribution in [1.29, 1.82) is 0 Å². The van der Waals surface area contributed by atoms with Crippen molar-refractivity contribution in [2.24, 2.45) is 7.05 Å². The van der Waals surface area contributed by atoms with E-state index in [1.165, 1.54) is 17.3 Å². The number of nitrogens with one attached hydrogen (secondary N) is 1. The van der Waals surface area contributed by atoms with Crippen molar-refractivity contribution in [1.82, 2.24) is 14.8 Å². The quantitative estimate of drug-likeness (QED) is 0.617. The van der Waals surface area contributed by atoms with Crippen LogP contribution in [0.3, 0.4) is 0 Å². The van der Waals surface area contributed by atoms with Crippen LogP contribution in [0.4, 0.5) is 5.69 Å². The van der Waals surface area contributed by atoms with Gasteiger partial charge in [0.15, 0.2) is 22.5 Å². The van der Waals surface area contributed by atoms with Gasteiger partial charge in [-0.05, 0) is 23.1 Å². The summed E-state index contributed by atoms with van der Waals surface area (Å²) in [6.45, 7) is 6.77. The smallest absolute Gasteiger partial charge is 0.234 e. The molecule has 0 saturated carbocycles. The molecule has 1 aromatic heterocycles. The molecule has 0 spiro atoms. The van der Waals surface area contributed by atoms with Crippen LogP contribution in [0.5, 0.6) is 11.5 Å². The number of aromatic nitrogens is 3. The summed E-state index contributed by atoms with van der Waals surface area (Å²) in [6, 6.07) is 13.7. The highest BCUT2D eigenvalue weighted by Gasteiger charge is 2.17. The highest BCUT2D eigenvalue weighted by atomic mass is 32.2. The number of carbonyl (C=O) groups is 1. The molecular formula is C22H24N4O3S. The number of benzene rings is 2. The van der Waals surface area contributed by atoms with E-state index in [9.17, 15) is 4.79 Å². The van der Waals surface area contributed by atoms with Gasteiger partial charge in [0.25, 0.3) is 0 Å². The molecule has 0 unspecified atom stereocenters. The van der Waals surface area contributed by atoms with Crippen LogP contribution in [0.15, 0.2) is 47.6 Å². The number of rotatable bonds is 5. The van der Waals surface area contributed by atoms with Gasteiger partial charge < -0.3 is 19.4 Å². The second kappa shape index (κ2) is 8.02. The van der Waals surface area contributed by atoms with Crippen molar-refractivity contribution in [3.63, 3.8) is 0 Å². The van der Waals surface area contributed by atoms with Gasteiger partial charge in [-0.15, -0.1) is 10.2 Å². The summed E-state index contributed by atoms with van der Waals surface area (Å²) in [5.41, 5.74) is 3.03. The molecule has 0 fully saturated rings. The van der Waals surface area contributed by atoms with Crippen LogP contribution in [0.1, 0.15) is 26.3 Å². The Morgan fingerprint density at radius 1 is 1.10 bits per heavy atom. The first kappa shape index (κ1) is 20.3. The number of nitrogens with zero attached hydrogens (tertiary/aromatic N) is 3. The van der Waals surface area contributed by atoms with Crippen molar-refractivity contribution >= 4 is 23.4 Å². The van der Waals surface area contributed by atoms with Gasteiger partial charge in [-0.3, -0.25) is 4.79 Å². The molecule has 2 aromatic carbocycles. The number of ether oxygens (including phenoxy) is 2. The fourth-order valence-corrected chi connectivity index (χ4v) is 3.82. The van der Waals surface area contributed by atoms with Gasteiger partial charge in [0.1, 0.15) is 0 Å². The molecule has 0 aliphatic carbocycles. The summed E-state index contributed by atoms with van der Waals surface area (Å²) < 4.78 is 12.5. The Labute approximate surface area is 179 Å². The molecule has 0 atom stereocenters. The molecule has 30 heavy (non-hydrogen) atoms. The predicted molar refractivity (Wildman–Crippen MR) is 117 cm³/mol. The summed E-state index contributed by atoms with van der Waals surface area (Å²) in [7, 11) is 1.91. The third-order valence-electron chi connectivity index (χ3n) is 4.83. The monoisotopic (exact) mass is 424 g/mol. The molecule has 8 heteroatoms. The van der Waals surface area contributed by atoms with Crippen LogP contribution in [-0.4, -0.2) is 33.2 Å². The molecule has 0 saturated heterocycles. The molecule has 4 rings (SSSR count). The lowest BCUT2D eigenvalue weighted by Crippen LogP contribution is -2.14. The van der Waals surface area contributed by atoms with Gasteiger partial charge in [0.05, 0.1) is 5.75 Å². The molecule has 0 bridgehead atoms. The zero-order chi connectivity index (χ0) is 21.3. The van der Waals surface area contributed by atoms with Gasteiger partial charge in [-0.25, -0.2) is 0 Å². The molecule has 2 heterocycles. The van der Waals surface area contributed by atoms with Gasteiger partial charge in [0.2, 0.25) is 12.7 Å². The largest absolute Gasteiger partial charge is 0.454 e. The van der Waals surface area contributed by atoms with Crippen LogP contribution >= 0.6 is 11.8 Å². The minimum atomic E-state index is -0.127. The number of hydrogen-bond acceptors (Lipinski definition) is 6. The first-order valence-corrected chi connectivity index (χ1v) is 10.6. The van der Waals surface area contributed by atoms with Gasteiger partial charge in [-0.1, -0.05) is 56.8 Å². The number of hydrogen-bond donors (Lipinski definition) is 1. The second-order valence-electron chi connectivity index (χ2n) is 8.10. The maximum absolute atomic E-state index is 12.3. The average molecular weight is 425 g/mol. The summed E-state index contributed by atoms with van der Waals surface area (Å²) in [4.78, 5) is 12.3. The highest BCUT2D eigenvalue weighted by molar-refractivity contribution is 7.99. The molecule has 3 aromatic rings. The van der Waals surface area contributed by atoms with E-state index in [1.807, 2.05) is 11.6 Å². The molecule has 1 aliphatic rings. The van der Waals surface area contributed by atoms with Crippen LogP contribution < -0.4 is 14.8 Å². The fraction of sp³-hybridized carbons (Fsp3) is 0.318. The van der Waals surface area contributed by atoms with Crippen molar-refractivity contribution in [2.45, 2.75) is 31.3 Å². The van der Waals surface area contributed by atoms with Crippen molar-refractivity contribution in [3.05, 3.63) is 48.0 Å². The van der Waals surface area contributed by atoms with Crippen molar-refractivity contribution in [2.75, 3.05) is 17.9 Å². The Morgan fingerprint density at radius 2 is 1.83 bits per heavy atom. The molecule has 1 N–H and O–H groups in total. The number of thioether (sulfide) groups is 1. The Morgan fingerprint density at radius 3 is 2.57 bits per heavy atom. The van der Waals surface area contributed by atoms with Crippen molar-refractivity contribution in [3.8, 4) is 22.9 Å². The lowest BCUT2D eigenvalue weighted by Gasteiger charge is -2.19. The summed E-state index contributed by atoms with van der Waals surface area (Å²) in [5.74, 6) is 2.19. The van der Waals surface area contributed by atoms with E-state index >= 15 is 0 Å². The van der Waals surface area contributed by atoms with E-state index in [0.29, 0.717) is 22.3 Å². The number of carbonyl (C=O) groups excluding carboxylic acids is 1. The maximum Gasteiger partial charge on any atom is 0.234 e. The lowest BCUT2D eigenvalue weighted by molar-refractivity contribution is -0.113. The van der Waals surface area contributed by atoms with E-state index in [0.717, 1.165) is 11.4 Å². The number of fused-ring (bicyclic) bond motifs is 1. The Bertz CT molecular complexity index is 1070. The molecule has 156 valence electrons. The standard InChI is InChI=1S/C22H24N4O3S/c1-22(2,3)15-7-5-14(6-8-15)20-24-25-21(26(20)4)30-12-19(27)23-16-9-10-17-18(11-16)29-13-28-17/h5-11H,12-13H2,1-4H3,(H,23,27). The summed E-state index contributed by atoms with van der Waals surface area (Å²) in [6.07, 6.45) is 0. The normalized spacial score (nSPS) is 12.8.